The van der Waals surface area contributed by atoms with Crippen molar-refractivity contribution < 1.29 is 4.42 Å². The Morgan fingerprint density at radius 3 is 2.88 bits per heavy atom. The lowest BCUT2D eigenvalue weighted by atomic mass is 9.93. The van der Waals surface area contributed by atoms with Crippen LogP contribution < -0.4 is 0 Å². The molecule has 0 unspecified atom stereocenters. The van der Waals surface area contributed by atoms with Gasteiger partial charge in [-0.25, -0.2) is 0 Å². The van der Waals surface area contributed by atoms with E-state index in [9.17, 15) is 0 Å². The molecule has 4 rings (SSSR count). The SMILES string of the molecule is C1=Cc2c(ccc3oc4ccccc4c23)CC1. The van der Waals surface area contributed by atoms with Gasteiger partial charge >= 0.3 is 0 Å². The lowest BCUT2D eigenvalue weighted by Gasteiger charge is -2.10. The molecule has 0 saturated heterocycles. The van der Waals surface area contributed by atoms with Gasteiger partial charge in [-0.15, -0.1) is 0 Å². The lowest BCUT2D eigenvalue weighted by molar-refractivity contribution is 0.668. The first kappa shape index (κ1) is 9.06. The molecule has 0 bridgehead atoms. The standard InChI is InChI=1S/C16H12O/c1-2-6-12-11(5-1)9-10-15-16(12)13-7-3-4-8-14(13)17-15/h2-4,6-10H,1,5H2. The second kappa shape index (κ2) is 3.24. The molecule has 1 aliphatic rings. The zero-order chi connectivity index (χ0) is 11.2. The van der Waals surface area contributed by atoms with Crippen LogP contribution in [0.4, 0.5) is 0 Å². The van der Waals surface area contributed by atoms with E-state index in [0.29, 0.717) is 0 Å². The number of allylic oxidation sites excluding steroid dienone is 1. The molecule has 1 heterocycles. The normalized spacial score (nSPS) is 14.4. The van der Waals surface area contributed by atoms with E-state index in [1.165, 1.54) is 21.9 Å². The highest BCUT2D eigenvalue weighted by molar-refractivity contribution is 6.09. The molecule has 1 nitrogen and oxygen atoms in total. The Balaban J connectivity index is 2.25. The lowest BCUT2D eigenvalue weighted by Crippen LogP contribution is -1.93. The molecule has 0 N–H and O–H groups in total. The number of para-hydroxylation sites is 1. The third-order valence-electron chi connectivity index (χ3n) is 3.54. The van der Waals surface area contributed by atoms with Crippen molar-refractivity contribution in [3.63, 3.8) is 0 Å². The van der Waals surface area contributed by atoms with E-state index in [1.807, 2.05) is 12.1 Å². The van der Waals surface area contributed by atoms with Gasteiger partial charge in [0.05, 0.1) is 0 Å². The van der Waals surface area contributed by atoms with Gasteiger partial charge < -0.3 is 4.42 Å². The predicted octanol–water partition coefficient (Wildman–Crippen LogP) is 4.55. The van der Waals surface area contributed by atoms with Crippen LogP contribution in [0.15, 0.2) is 46.9 Å². The van der Waals surface area contributed by atoms with E-state index in [2.05, 4.69) is 36.4 Å². The van der Waals surface area contributed by atoms with Crippen LogP contribution in [0.25, 0.3) is 28.0 Å². The Kier molecular flexibility index (Phi) is 1.72. The minimum Gasteiger partial charge on any atom is -0.456 e. The molecule has 1 aliphatic carbocycles. The third kappa shape index (κ3) is 1.19. The topological polar surface area (TPSA) is 13.1 Å². The third-order valence-corrected chi connectivity index (χ3v) is 3.54. The van der Waals surface area contributed by atoms with Gasteiger partial charge in [0.2, 0.25) is 0 Å². The second-order valence-electron chi connectivity index (χ2n) is 4.55. The molecule has 0 aliphatic heterocycles. The summed E-state index contributed by atoms with van der Waals surface area (Å²) < 4.78 is 5.88. The summed E-state index contributed by atoms with van der Waals surface area (Å²) in [6, 6.07) is 12.6. The first-order valence-corrected chi connectivity index (χ1v) is 6.03. The maximum Gasteiger partial charge on any atom is 0.136 e. The fourth-order valence-electron chi connectivity index (χ4n) is 2.73. The van der Waals surface area contributed by atoms with E-state index in [4.69, 9.17) is 4.42 Å². The number of furan rings is 1. The highest BCUT2D eigenvalue weighted by Crippen LogP contribution is 2.35. The number of fused-ring (bicyclic) bond motifs is 5. The Morgan fingerprint density at radius 1 is 0.941 bits per heavy atom. The summed E-state index contributed by atoms with van der Waals surface area (Å²) in [7, 11) is 0. The summed E-state index contributed by atoms with van der Waals surface area (Å²) in [4.78, 5) is 0. The summed E-state index contributed by atoms with van der Waals surface area (Å²) >= 11 is 0. The fraction of sp³-hybridized carbons (Fsp3) is 0.125. The number of rotatable bonds is 0. The number of hydrogen-bond acceptors (Lipinski definition) is 1. The average molecular weight is 220 g/mol. The van der Waals surface area contributed by atoms with Crippen LogP contribution >= 0.6 is 0 Å². The van der Waals surface area contributed by atoms with Crippen molar-refractivity contribution in [2.75, 3.05) is 0 Å². The Bertz CT molecular complexity index is 747. The van der Waals surface area contributed by atoms with Crippen LogP contribution in [0.2, 0.25) is 0 Å². The monoisotopic (exact) mass is 220 g/mol. The van der Waals surface area contributed by atoms with Crippen molar-refractivity contribution in [1.82, 2.24) is 0 Å². The largest absolute Gasteiger partial charge is 0.456 e. The highest BCUT2D eigenvalue weighted by Gasteiger charge is 2.13. The van der Waals surface area contributed by atoms with E-state index >= 15 is 0 Å². The van der Waals surface area contributed by atoms with E-state index in [0.717, 1.165) is 24.0 Å². The molecule has 0 saturated carbocycles. The van der Waals surface area contributed by atoms with Crippen LogP contribution in [0.1, 0.15) is 17.5 Å². The van der Waals surface area contributed by atoms with Gasteiger partial charge in [0.1, 0.15) is 11.2 Å². The number of benzene rings is 2. The van der Waals surface area contributed by atoms with Crippen LogP contribution in [0, 0.1) is 0 Å². The van der Waals surface area contributed by atoms with E-state index in [-0.39, 0.29) is 0 Å². The van der Waals surface area contributed by atoms with Gasteiger partial charge in [-0.3, -0.25) is 0 Å². The molecule has 1 aromatic heterocycles. The van der Waals surface area contributed by atoms with Crippen LogP contribution in [0.3, 0.4) is 0 Å². The summed E-state index contributed by atoms with van der Waals surface area (Å²) in [6.07, 6.45) is 6.78. The Hall–Kier alpha value is -2.02. The summed E-state index contributed by atoms with van der Waals surface area (Å²) in [5, 5.41) is 2.50. The number of hydrogen-bond donors (Lipinski definition) is 0. The minimum absolute atomic E-state index is 0.981. The van der Waals surface area contributed by atoms with Crippen molar-refractivity contribution >= 4 is 28.0 Å². The first-order valence-electron chi connectivity index (χ1n) is 6.03. The van der Waals surface area contributed by atoms with E-state index < -0.39 is 0 Å². The minimum atomic E-state index is 0.981. The first-order chi connectivity index (χ1) is 8.43. The fourth-order valence-corrected chi connectivity index (χ4v) is 2.73. The second-order valence-corrected chi connectivity index (χ2v) is 4.55. The van der Waals surface area contributed by atoms with Gasteiger partial charge in [0.25, 0.3) is 0 Å². The molecule has 0 radical (unpaired) electrons. The molecule has 0 amide bonds. The molecule has 0 atom stereocenters. The van der Waals surface area contributed by atoms with Gasteiger partial charge in [-0.1, -0.05) is 36.4 Å². The molecule has 3 aromatic rings. The molecule has 2 aromatic carbocycles. The maximum atomic E-state index is 5.88. The zero-order valence-corrected chi connectivity index (χ0v) is 9.44. The molecular formula is C16H12O. The molecule has 17 heavy (non-hydrogen) atoms. The van der Waals surface area contributed by atoms with Crippen molar-refractivity contribution in [1.29, 1.82) is 0 Å². The van der Waals surface area contributed by atoms with Gasteiger partial charge in [-0.05, 0) is 36.1 Å². The Labute approximate surface area is 99.4 Å². The van der Waals surface area contributed by atoms with Crippen molar-refractivity contribution in [2.45, 2.75) is 12.8 Å². The summed E-state index contributed by atoms with van der Waals surface area (Å²) in [5.74, 6) is 0. The molecular weight excluding hydrogens is 208 g/mol. The molecule has 0 spiro atoms. The van der Waals surface area contributed by atoms with Crippen molar-refractivity contribution in [3.8, 4) is 0 Å². The highest BCUT2D eigenvalue weighted by atomic mass is 16.3. The van der Waals surface area contributed by atoms with Gasteiger partial charge in [-0.2, -0.15) is 0 Å². The predicted molar refractivity (Wildman–Crippen MR) is 71.1 cm³/mol. The van der Waals surface area contributed by atoms with Crippen molar-refractivity contribution in [2.24, 2.45) is 0 Å². The Morgan fingerprint density at radius 2 is 1.88 bits per heavy atom. The summed E-state index contributed by atoms with van der Waals surface area (Å²) in [6.45, 7) is 0. The molecule has 0 fully saturated rings. The smallest absolute Gasteiger partial charge is 0.136 e. The zero-order valence-electron chi connectivity index (χ0n) is 9.44. The molecule has 1 heteroatoms. The summed E-state index contributed by atoms with van der Waals surface area (Å²) in [5.41, 5.74) is 4.76. The van der Waals surface area contributed by atoms with Crippen LogP contribution in [-0.4, -0.2) is 0 Å². The average Bonchev–Trinajstić information content (AvgIpc) is 2.77. The van der Waals surface area contributed by atoms with E-state index in [1.54, 1.807) is 0 Å². The van der Waals surface area contributed by atoms with Crippen LogP contribution in [0.5, 0.6) is 0 Å². The van der Waals surface area contributed by atoms with Gasteiger partial charge in [0, 0.05) is 10.8 Å². The van der Waals surface area contributed by atoms with Crippen molar-refractivity contribution in [3.05, 3.63) is 53.6 Å². The van der Waals surface area contributed by atoms with Gasteiger partial charge in [0.15, 0.2) is 0 Å². The van der Waals surface area contributed by atoms with Crippen LogP contribution in [-0.2, 0) is 6.42 Å². The number of aryl methyl sites for hydroxylation is 1. The molecule has 82 valence electrons. The quantitative estimate of drug-likeness (QED) is 0.542. The maximum absolute atomic E-state index is 5.88.